The highest BCUT2D eigenvalue weighted by atomic mass is 16.5. The number of rotatable bonds is 15. The van der Waals surface area contributed by atoms with Crippen molar-refractivity contribution >= 4 is 5.97 Å². The maximum atomic E-state index is 11.7. The summed E-state index contributed by atoms with van der Waals surface area (Å²) in [5.41, 5.74) is 0.932. The summed E-state index contributed by atoms with van der Waals surface area (Å²) in [5, 5.41) is 0. The Bertz CT molecular complexity index is 561. The normalized spacial score (nSPS) is 11.7. The van der Waals surface area contributed by atoms with Crippen molar-refractivity contribution in [3.63, 3.8) is 0 Å². The first kappa shape index (κ1) is 22.9. The average molecular weight is 370 g/mol. The standard InChI is InChI=1S/C24H35NO2/c1-2-3-4-5-6-7-8-9-10-11-12-13-14-15-16-19-24(26)27-22-23-18-17-20-25-21-23/h5-10,17-18,20-21H,2-4,11-16,19,22H2,1H3/b6-5+,8-7+,10-9-. The van der Waals surface area contributed by atoms with E-state index in [0.29, 0.717) is 13.0 Å². The minimum atomic E-state index is -0.114. The van der Waals surface area contributed by atoms with E-state index in [0.717, 1.165) is 24.8 Å². The van der Waals surface area contributed by atoms with Crippen LogP contribution in [0.1, 0.15) is 76.7 Å². The topological polar surface area (TPSA) is 39.2 Å². The molecule has 148 valence electrons. The van der Waals surface area contributed by atoms with Gasteiger partial charge in [0.25, 0.3) is 0 Å². The Hall–Kier alpha value is -2.16. The number of aromatic nitrogens is 1. The van der Waals surface area contributed by atoms with Gasteiger partial charge in [-0.15, -0.1) is 0 Å². The van der Waals surface area contributed by atoms with Gasteiger partial charge >= 0.3 is 5.97 Å². The molecule has 1 aromatic rings. The summed E-state index contributed by atoms with van der Waals surface area (Å²) in [6.45, 7) is 2.54. The minimum absolute atomic E-state index is 0.114. The summed E-state index contributed by atoms with van der Waals surface area (Å²) in [6, 6.07) is 3.76. The van der Waals surface area contributed by atoms with Crippen molar-refractivity contribution < 1.29 is 9.53 Å². The first-order valence-corrected chi connectivity index (χ1v) is 10.4. The predicted octanol–water partition coefficient (Wildman–Crippen LogP) is 6.71. The maximum Gasteiger partial charge on any atom is 0.306 e. The molecule has 0 unspecified atom stereocenters. The molecule has 27 heavy (non-hydrogen) atoms. The second-order valence-electron chi connectivity index (χ2n) is 6.71. The number of hydrogen-bond acceptors (Lipinski definition) is 3. The van der Waals surface area contributed by atoms with Crippen molar-refractivity contribution in [2.75, 3.05) is 0 Å². The van der Waals surface area contributed by atoms with Crippen LogP contribution in [0.25, 0.3) is 0 Å². The SMILES string of the molecule is CCCC/C=C/C=C/C=C\CCCCCCCC(=O)OCc1cccnc1. The van der Waals surface area contributed by atoms with Gasteiger partial charge in [0.05, 0.1) is 0 Å². The van der Waals surface area contributed by atoms with Crippen molar-refractivity contribution in [2.45, 2.75) is 77.7 Å². The molecular weight excluding hydrogens is 334 g/mol. The van der Waals surface area contributed by atoms with Crippen molar-refractivity contribution in [2.24, 2.45) is 0 Å². The molecule has 0 saturated carbocycles. The lowest BCUT2D eigenvalue weighted by Crippen LogP contribution is -2.04. The lowest BCUT2D eigenvalue weighted by Gasteiger charge is -2.04. The Morgan fingerprint density at radius 2 is 1.67 bits per heavy atom. The second-order valence-corrected chi connectivity index (χ2v) is 6.71. The monoisotopic (exact) mass is 369 g/mol. The molecule has 1 aromatic heterocycles. The first-order chi connectivity index (χ1) is 13.3. The molecule has 0 saturated heterocycles. The van der Waals surface area contributed by atoms with E-state index in [-0.39, 0.29) is 5.97 Å². The van der Waals surface area contributed by atoms with Gasteiger partial charge in [0.15, 0.2) is 0 Å². The van der Waals surface area contributed by atoms with Crippen LogP contribution in [-0.4, -0.2) is 11.0 Å². The van der Waals surface area contributed by atoms with E-state index in [1.54, 1.807) is 12.4 Å². The number of ether oxygens (including phenoxy) is 1. The summed E-state index contributed by atoms with van der Waals surface area (Å²) in [6.07, 6.45) is 27.3. The molecule has 3 heteroatoms. The smallest absolute Gasteiger partial charge is 0.306 e. The van der Waals surface area contributed by atoms with E-state index in [2.05, 4.69) is 48.4 Å². The number of carbonyl (C=O) groups excluding carboxylic acids is 1. The predicted molar refractivity (Wildman–Crippen MR) is 113 cm³/mol. The van der Waals surface area contributed by atoms with Crippen LogP contribution in [-0.2, 0) is 16.1 Å². The Labute approximate surface area is 165 Å². The maximum absolute atomic E-state index is 11.7. The third kappa shape index (κ3) is 14.7. The fraction of sp³-hybridized carbons (Fsp3) is 0.500. The van der Waals surface area contributed by atoms with Crippen LogP contribution in [0.3, 0.4) is 0 Å². The van der Waals surface area contributed by atoms with Gasteiger partial charge in [0, 0.05) is 24.4 Å². The Balaban J connectivity index is 1.89. The summed E-state index contributed by atoms with van der Waals surface area (Å²) < 4.78 is 5.25. The number of allylic oxidation sites excluding steroid dienone is 6. The molecule has 0 aromatic carbocycles. The number of pyridine rings is 1. The third-order valence-corrected chi connectivity index (χ3v) is 4.20. The van der Waals surface area contributed by atoms with Crippen LogP contribution in [0.5, 0.6) is 0 Å². The van der Waals surface area contributed by atoms with Crippen molar-refractivity contribution in [3.05, 3.63) is 66.5 Å². The molecule has 0 radical (unpaired) electrons. The van der Waals surface area contributed by atoms with Crippen LogP contribution in [0.15, 0.2) is 61.0 Å². The quantitative estimate of drug-likeness (QED) is 0.196. The van der Waals surface area contributed by atoms with E-state index in [4.69, 9.17) is 4.74 Å². The highest BCUT2D eigenvalue weighted by Crippen LogP contribution is 2.09. The summed E-state index contributed by atoms with van der Waals surface area (Å²) in [5.74, 6) is -0.114. The number of carbonyl (C=O) groups is 1. The highest BCUT2D eigenvalue weighted by molar-refractivity contribution is 5.69. The van der Waals surface area contributed by atoms with Crippen LogP contribution < -0.4 is 0 Å². The Morgan fingerprint density at radius 1 is 0.963 bits per heavy atom. The average Bonchev–Trinajstić information content (AvgIpc) is 2.70. The molecule has 0 bridgehead atoms. The molecule has 0 atom stereocenters. The minimum Gasteiger partial charge on any atom is -0.461 e. The second kappa shape index (κ2) is 17.3. The molecule has 0 aliphatic rings. The molecule has 0 amide bonds. The molecular formula is C24H35NO2. The third-order valence-electron chi connectivity index (χ3n) is 4.20. The molecule has 0 aliphatic carbocycles. The van der Waals surface area contributed by atoms with Gasteiger partial charge in [-0.2, -0.15) is 0 Å². The van der Waals surface area contributed by atoms with Crippen molar-refractivity contribution in [1.82, 2.24) is 4.98 Å². The van der Waals surface area contributed by atoms with Gasteiger partial charge in [-0.05, 0) is 31.7 Å². The largest absolute Gasteiger partial charge is 0.461 e. The molecule has 0 aliphatic heterocycles. The van der Waals surface area contributed by atoms with E-state index >= 15 is 0 Å². The van der Waals surface area contributed by atoms with E-state index in [9.17, 15) is 4.79 Å². The molecule has 0 spiro atoms. The van der Waals surface area contributed by atoms with Crippen molar-refractivity contribution in [1.29, 1.82) is 0 Å². The fourth-order valence-electron chi connectivity index (χ4n) is 2.58. The number of esters is 1. The zero-order valence-corrected chi connectivity index (χ0v) is 16.8. The van der Waals surface area contributed by atoms with Gasteiger partial charge < -0.3 is 4.74 Å². The number of hydrogen-bond donors (Lipinski definition) is 0. The van der Waals surface area contributed by atoms with Crippen LogP contribution in [0, 0.1) is 0 Å². The van der Waals surface area contributed by atoms with E-state index < -0.39 is 0 Å². The van der Waals surface area contributed by atoms with Crippen molar-refractivity contribution in [3.8, 4) is 0 Å². The number of nitrogens with zero attached hydrogens (tertiary/aromatic N) is 1. The van der Waals surface area contributed by atoms with E-state index in [1.165, 1.54) is 38.5 Å². The zero-order valence-electron chi connectivity index (χ0n) is 16.8. The van der Waals surface area contributed by atoms with Gasteiger partial charge in [-0.1, -0.05) is 81.6 Å². The lowest BCUT2D eigenvalue weighted by molar-refractivity contribution is -0.145. The van der Waals surface area contributed by atoms with Gasteiger partial charge in [-0.25, -0.2) is 0 Å². The first-order valence-electron chi connectivity index (χ1n) is 10.4. The summed E-state index contributed by atoms with van der Waals surface area (Å²) in [4.78, 5) is 15.7. The molecule has 1 rings (SSSR count). The van der Waals surface area contributed by atoms with E-state index in [1.807, 2.05) is 12.1 Å². The van der Waals surface area contributed by atoms with Crippen LogP contribution in [0.4, 0.5) is 0 Å². The fourth-order valence-corrected chi connectivity index (χ4v) is 2.58. The lowest BCUT2D eigenvalue weighted by atomic mass is 10.1. The summed E-state index contributed by atoms with van der Waals surface area (Å²) >= 11 is 0. The van der Waals surface area contributed by atoms with Crippen LogP contribution >= 0.6 is 0 Å². The molecule has 1 heterocycles. The van der Waals surface area contributed by atoms with Crippen LogP contribution in [0.2, 0.25) is 0 Å². The molecule has 3 nitrogen and oxygen atoms in total. The van der Waals surface area contributed by atoms with Gasteiger partial charge in [-0.3, -0.25) is 9.78 Å². The zero-order chi connectivity index (χ0) is 19.4. The Morgan fingerprint density at radius 3 is 2.37 bits per heavy atom. The number of unbranched alkanes of at least 4 members (excludes halogenated alkanes) is 7. The van der Waals surface area contributed by atoms with Gasteiger partial charge in [0.2, 0.25) is 0 Å². The van der Waals surface area contributed by atoms with Gasteiger partial charge in [0.1, 0.15) is 6.61 Å². The molecule has 0 N–H and O–H groups in total. The molecule has 0 fully saturated rings. The highest BCUT2D eigenvalue weighted by Gasteiger charge is 2.03. The Kier molecular flexibility index (Phi) is 14.6. The summed E-state index contributed by atoms with van der Waals surface area (Å²) in [7, 11) is 0.